The van der Waals surface area contributed by atoms with Gasteiger partial charge < -0.3 is 0 Å². The number of aromatic nitrogens is 1. The van der Waals surface area contributed by atoms with Crippen LogP contribution in [0.4, 0.5) is 4.39 Å². The summed E-state index contributed by atoms with van der Waals surface area (Å²) in [5, 5.41) is 0. The number of rotatable bonds is 4. The molecule has 0 N–H and O–H groups in total. The second kappa shape index (κ2) is 5.87. The molecule has 92 valence electrons. The van der Waals surface area contributed by atoms with E-state index in [0.29, 0.717) is 11.3 Å². The number of Topliss-reactive ketones (excluding diaryl/α,β-unsaturated/α-hetero) is 1. The minimum Gasteiger partial charge on any atom is -0.299 e. The van der Waals surface area contributed by atoms with Crippen LogP contribution in [-0.2, 0) is 17.6 Å². The van der Waals surface area contributed by atoms with Gasteiger partial charge in [0.05, 0.1) is 0 Å². The van der Waals surface area contributed by atoms with E-state index in [1.165, 1.54) is 6.07 Å². The van der Waals surface area contributed by atoms with Gasteiger partial charge in [-0.2, -0.15) is 0 Å². The average Bonchev–Trinajstić information content (AvgIpc) is 2.35. The maximum atomic E-state index is 13.5. The molecule has 1 heterocycles. The van der Waals surface area contributed by atoms with Crippen LogP contribution in [0, 0.1) is 5.82 Å². The highest BCUT2D eigenvalue weighted by Crippen LogP contribution is 2.16. The summed E-state index contributed by atoms with van der Waals surface area (Å²) >= 11 is 3.26. The summed E-state index contributed by atoms with van der Waals surface area (Å²) in [6, 6.07) is 10.0. The maximum Gasteiger partial charge on any atom is 0.143 e. The van der Waals surface area contributed by atoms with Crippen molar-refractivity contribution < 1.29 is 9.18 Å². The van der Waals surface area contributed by atoms with Crippen LogP contribution >= 0.6 is 15.9 Å². The first kappa shape index (κ1) is 12.9. The van der Waals surface area contributed by atoms with Gasteiger partial charge in [0, 0.05) is 29.2 Å². The van der Waals surface area contributed by atoms with E-state index >= 15 is 0 Å². The lowest BCUT2D eigenvalue weighted by Gasteiger charge is -2.03. The SMILES string of the molecule is O=C(Cc1ccccn1)Cc1cc(Br)ccc1F. The number of halogens is 2. The van der Waals surface area contributed by atoms with E-state index in [9.17, 15) is 9.18 Å². The van der Waals surface area contributed by atoms with Crippen molar-refractivity contribution in [3.05, 3.63) is 64.1 Å². The third kappa shape index (κ3) is 3.47. The Balaban J connectivity index is 2.05. The van der Waals surface area contributed by atoms with Gasteiger partial charge in [0.1, 0.15) is 11.6 Å². The van der Waals surface area contributed by atoms with E-state index in [4.69, 9.17) is 0 Å². The van der Waals surface area contributed by atoms with Crippen molar-refractivity contribution in [1.29, 1.82) is 0 Å². The van der Waals surface area contributed by atoms with Crippen LogP contribution in [0.5, 0.6) is 0 Å². The summed E-state index contributed by atoms with van der Waals surface area (Å²) in [4.78, 5) is 15.9. The fraction of sp³-hybridized carbons (Fsp3) is 0.143. The summed E-state index contributed by atoms with van der Waals surface area (Å²) < 4.78 is 14.2. The zero-order valence-corrected chi connectivity index (χ0v) is 11.2. The Hall–Kier alpha value is -1.55. The van der Waals surface area contributed by atoms with Gasteiger partial charge in [0.15, 0.2) is 0 Å². The van der Waals surface area contributed by atoms with Crippen LogP contribution in [0.2, 0.25) is 0 Å². The number of hydrogen-bond donors (Lipinski definition) is 0. The summed E-state index contributed by atoms with van der Waals surface area (Å²) in [6.45, 7) is 0. The molecule has 1 aromatic carbocycles. The molecule has 0 bridgehead atoms. The van der Waals surface area contributed by atoms with Crippen LogP contribution in [0.1, 0.15) is 11.3 Å². The number of carbonyl (C=O) groups excluding carboxylic acids is 1. The lowest BCUT2D eigenvalue weighted by molar-refractivity contribution is -0.117. The van der Waals surface area contributed by atoms with Crippen molar-refractivity contribution in [3.63, 3.8) is 0 Å². The summed E-state index contributed by atoms with van der Waals surface area (Å²) in [5.74, 6) is -0.404. The van der Waals surface area contributed by atoms with Gasteiger partial charge >= 0.3 is 0 Å². The highest BCUT2D eigenvalue weighted by Gasteiger charge is 2.10. The molecule has 2 rings (SSSR count). The van der Waals surface area contributed by atoms with Gasteiger partial charge in [-0.05, 0) is 35.9 Å². The van der Waals surface area contributed by atoms with Crippen molar-refractivity contribution in [2.24, 2.45) is 0 Å². The fourth-order valence-electron chi connectivity index (χ4n) is 1.66. The molecule has 0 saturated heterocycles. The molecule has 0 atom stereocenters. The van der Waals surface area contributed by atoms with Gasteiger partial charge in [-0.25, -0.2) is 4.39 Å². The van der Waals surface area contributed by atoms with E-state index in [2.05, 4.69) is 20.9 Å². The number of benzene rings is 1. The molecule has 0 fully saturated rings. The van der Waals surface area contributed by atoms with Crippen LogP contribution in [0.15, 0.2) is 47.1 Å². The first-order chi connectivity index (χ1) is 8.65. The van der Waals surface area contributed by atoms with Gasteiger partial charge in [-0.15, -0.1) is 0 Å². The molecule has 1 aromatic heterocycles. The lowest BCUT2D eigenvalue weighted by atomic mass is 10.1. The van der Waals surface area contributed by atoms with Crippen LogP contribution in [0.25, 0.3) is 0 Å². The number of ketones is 1. The Labute approximate surface area is 113 Å². The first-order valence-electron chi connectivity index (χ1n) is 5.50. The van der Waals surface area contributed by atoms with Crippen molar-refractivity contribution in [3.8, 4) is 0 Å². The standard InChI is InChI=1S/C14H11BrFNO/c15-11-4-5-14(16)10(7-11)8-13(18)9-12-3-1-2-6-17-12/h1-7H,8-9H2. The van der Waals surface area contributed by atoms with Gasteiger partial charge in [-0.3, -0.25) is 9.78 Å². The number of hydrogen-bond acceptors (Lipinski definition) is 2. The van der Waals surface area contributed by atoms with E-state index in [-0.39, 0.29) is 24.4 Å². The van der Waals surface area contributed by atoms with Crippen LogP contribution < -0.4 is 0 Å². The minimum atomic E-state index is -0.354. The minimum absolute atomic E-state index is 0.0503. The smallest absolute Gasteiger partial charge is 0.143 e. The summed E-state index contributed by atoms with van der Waals surface area (Å²) in [7, 11) is 0. The highest BCUT2D eigenvalue weighted by molar-refractivity contribution is 9.10. The molecular formula is C14H11BrFNO. The Morgan fingerprint density at radius 1 is 1.22 bits per heavy atom. The normalized spacial score (nSPS) is 10.3. The number of nitrogens with zero attached hydrogens (tertiary/aromatic N) is 1. The topological polar surface area (TPSA) is 30.0 Å². The molecule has 0 saturated carbocycles. The van der Waals surface area contributed by atoms with E-state index in [1.807, 2.05) is 6.07 Å². The molecule has 2 aromatic rings. The van der Waals surface area contributed by atoms with E-state index < -0.39 is 0 Å². The molecule has 2 nitrogen and oxygen atoms in total. The molecule has 0 amide bonds. The monoisotopic (exact) mass is 307 g/mol. The van der Waals surface area contributed by atoms with Crippen LogP contribution in [-0.4, -0.2) is 10.8 Å². The molecular weight excluding hydrogens is 297 g/mol. The Bertz CT molecular complexity index is 557. The van der Waals surface area contributed by atoms with Crippen molar-refractivity contribution >= 4 is 21.7 Å². The molecule has 0 aliphatic heterocycles. The zero-order chi connectivity index (χ0) is 13.0. The molecule has 0 aliphatic rings. The third-order valence-electron chi connectivity index (χ3n) is 2.50. The summed E-state index contributed by atoms with van der Waals surface area (Å²) in [5.41, 5.74) is 1.11. The lowest BCUT2D eigenvalue weighted by Crippen LogP contribution is -2.08. The quantitative estimate of drug-likeness (QED) is 0.867. The molecule has 0 unspecified atom stereocenters. The molecule has 0 aliphatic carbocycles. The second-order valence-corrected chi connectivity index (χ2v) is 4.86. The Kier molecular flexibility index (Phi) is 4.20. The van der Waals surface area contributed by atoms with Crippen molar-refractivity contribution in [1.82, 2.24) is 4.98 Å². The van der Waals surface area contributed by atoms with Gasteiger partial charge in [0.25, 0.3) is 0 Å². The van der Waals surface area contributed by atoms with Gasteiger partial charge in [-0.1, -0.05) is 22.0 Å². The molecule has 0 radical (unpaired) electrons. The maximum absolute atomic E-state index is 13.5. The second-order valence-electron chi connectivity index (χ2n) is 3.95. The largest absolute Gasteiger partial charge is 0.299 e. The molecule has 18 heavy (non-hydrogen) atoms. The van der Waals surface area contributed by atoms with E-state index in [0.717, 1.165) is 4.47 Å². The Morgan fingerprint density at radius 3 is 2.78 bits per heavy atom. The fourth-order valence-corrected chi connectivity index (χ4v) is 2.07. The average molecular weight is 308 g/mol. The van der Waals surface area contributed by atoms with Crippen molar-refractivity contribution in [2.75, 3.05) is 0 Å². The predicted octanol–water partition coefficient (Wildman–Crippen LogP) is 3.34. The Morgan fingerprint density at radius 2 is 2.06 bits per heavy atom. The summed E-state index contributed by atoms with van der Waals surface area (Å²) in [6.07, 6.45) is 1.96. The number of pyridine rings is 1. The molecule has 4 heteroatoms. The third-order valence-corrected chi connectivity index (χ3v) is 2.99. The highest BCUT2D eigenvalue weighted by atomic mass is 79.9. The first-order valence-corrected chi connectivity index (χ1v) is 6.30. The number of carbonyl (C=O) groups is 1. The van der Waals surface area contributed by atoms with Crippen LogP contribution in [0.3, 0.4) is 0 Å². The van der Waals surface area contributed by atoms with Gasteiger partial charge in [0.2, 0.25) is 0 Å². The zero-order valence-electron chi connectivity index (χ0n) is 9.57. The predicted molar refractivity (Wildman–Crippen MR) is 70.8 cm³/mol. The molecule has 0 spiro atoms. The van der Waals surface area contributed by atoms with Crippen molar-refractivity contribution in [2.45, 2.75) is 12.8 Å². The van der Waals surface area contributed by atoms with E-state index in [1.54, 1.807) is 30.5 Å².